The number of thiophene rings is 2. The standard InChI is InChI=1S/C14H18ClN3OS2.HI/c1-2-16-14(17-7-10-5-6-20-9-10)18-8-11(19)12-3-4-13(15)21-12;/h3-6,9,11,19H,2,7-8H2,1H3,(H2,16,17,18);1H. The van der Waals surface area contributed by atoms with Gasteiger partial charge in [-0.1, -0.05) is 11.6 Å². The van der Waals surface area contributed by atoms with Gasteiger partial charge in [0.1, 0.15) is 6.10 Å². The van der Waals surface area contributed by atoms with Crippen LogP contribution in [-0.2, 0) is 6.54 Å². The van der Waals surface area contributed by atoms with Gasteiger partial charge < -0.3 is 15.7 Å². The highest BCUT2D eigenvalue weighted by Gasteiger charge is 2.10. The van der Waals surface area contributed by atoms with Crippen LogP contribution in [0.3, 0.4) is 0 Å². The summed E-state index contributed by atoms with van der Waals surface area (Å²) in [5.74, 6) is 0.699. The Balaban J connectivity index is 0.00000242. The fourth-order valence-electron chi connectivity index (χ4n) is 1.70. The average molecular weight is 472 g/mol. The van der Waals surface area contributed by atoms with Crippen LogP contribution in [0.15, 0.2) is 34.0 Å². The van der Waals surface area contributed by atoms with Crippen molar-refractivity contribution in [2.75, 3.05) is 13.1 Å². The van der Waals surface area contributed by atoms with Crippen molar-refractivity contribution >= 4 is 64.2 Å². The topological polar surface area (TPSA) is 56.7 Å². The predicted octanol–water partition coefficient (Wildman–Crippen LogP) is 3.87. The van der Waals surface area contributed by atoms with E-state index in [4.69, 9.17) is 11.6 Å². The molecule has 0 spiro atoms. The molecule has 2 aromatic heterocycles. The van der Waals surface area contributed by atoms with Gasteiger partial charge in [0, 0.05) is 18.0 Å². The van der Waals surface area contributed by atoms with Crippen molar-refractivity contribution in [2.45, 2.75) is 19.6 Å². The van der Waals surface area contributed by atoms with Crippen LogP contribution < -0.4 is 10.6 Å². The largest absolute Gasteiger partial charge is 0.386 e. The average Bonchev–Trinajstić information content (AvgIpc) is 3.13. The summed E-state index contributed by atoms with van der Waals surface area (Å²) in [6, 6.07) is 5.69. The minimum absolute atomic E-state index is 0. The summed E-state index contributed by atoms with van der Waals surface area (Å²) in [6.07, 6.45) is -0.590. The summed E-state index contributed by atoms with van der Waals surface area (Å²) in [5, 5.41) is 20.5. The third-order valence-electron chi connectivity index (χ3n) is 2.73. The highest BCUT2D eigenvalue weighted by atomic mass is 127. The quantitative estimate of drug-likeness (QED) is 0.341. The molecule has 22 heavy (non-hydrogen) atoms. The molecule has 1 unspecified atom stereocenters. The minimum atomic E-state index is -0.590. The van der Waals surface area contributed by atoms with E-state index in [2.05, 4.69) is 27.1 Å². The maximum Gasteiger partial charge on any atom is 0.191 e. The molecule has 2 aromatic rings. The number of aliphatic hydroxyl groups is 1. The highest BCUT2D eigenvalue weighted by molar-refractivity contribution is 14.0. The van der Waals surface area contributed by atoms with E-state index in [1.807, 2.05) is 18.4 Å². The molecule has 0 saturated carbocycles. The molecule has 0 fully saturated rings. The number of hydrogen-bond donors (Lipinski definition) is 3. The van der Waals surface area contributed by atoms with Crippen LogP contribution in [0.1, 0.15) is 23.5 Å². The number of halogens is 2. The molecule has 0 aliphatic heterocycles. The fourth-order valence-corrected chi connectivity index (χ4v) is 3.40. The number of aliphatic hydroxyl groups excluding tert-OH is 1. The normalized spacial score (nSPS) is 12.6. The Morgan fingerprint density at radius 3 is 2.77 bits per heavy atom. The molecule has 8 heteroatoms. The Kier molecular flexibility index (Phi) is 9.34. The Labute approximate surface area is 160 Å². The van der Waals surface area contributed by atoms with Crippen molar-refractivity contribution in [1.82, 2.24) is 10.6 Å². The van der Waals surface area contributed by atoms with E-state index in [1.165, 1.54) is 16.9 Å². The second kappa shape index (κ2) is 10.4. The lowest BCUT2D eigenvalue weighted by atomic mass is 10.3. The first-order valence-electron chi connectivity index (χ1n) is 6.65. The number of guanidine groups is 1. The van der Waals surface area contributed by atoms with Gasteiger partial charge in [-0.3, -0.25) is 0 Å². The van der Waals surface area contributed by atoms with Gasteiger partial charge in [-0.15, -0.1) is 35.3 Å². The lowest BCUT2D eigenvalue weighted by Crippen LogP contribution is -2.39. The van der Waals surface area contributed by atoms with Crippen LogP contribution >= 0.6 is 58.3 Å². The molecule has 0 radical (unpaired) electrons. The number of nitrogens with zero attached hydrogens (tertiary/aromatic N) is 1. The van der Waals surface area contributed by atoms with Crippen molar-refractivity contribution in [2.24, 2.45) is 4.99 Å². The zero-order valence-electron chi connectivity index (χ0n) is 12.1. The summed E-state index contributed by atoms with van der Waals surface area (Å²) in [7, 11) is 0. The predicted molar refractivity (Wildman–Crippen MR) is 107 cm³/mol. The number of hydrogen-bond acceptors (Lipinski definition) is 4. The van der Waals surface area contributed by atoms with Crippen molar-refractivity contribution in [1.29, 1.82) is 0 Å². The van der Waals surface area contributed by atoms with Crippen LogP contribution in [-0.4, -0.2) is 24.2 Å². The first-order chi connectivity index (χ1) is 10.2. The molecule has 0 bridgehead atoms. The molecule has 2 rings (SSSR count). The van der Waals surface area contributed by atoms with E-state index in [0.717, 1.165) is 11.4 Å². The van der Waals surface area contributed by atoms with E-state index >= 15 is 0 Å². The molecule has 1 atom stereocenters. The summed E-state index contributed by atoms with van der Waals surface area (Å²) in [4.78, 5) is 5.34. The van der Waals surface area contributed by atoms with Crippen LogP contribution in [0.2, 0.25) is 4.34 Å². The second-order valence-electron chi connectivity index (χ2n) is 4.37. The molecule has 2 heterocycles. The fraction of sp³-hybridized carbons (Fsp3) is 0.357. The summed E-state index contributed by atoms with van der Waals surface area (Å²) >= 11 is 8.93. The smallest absolute Gasteiger partial charge is 0.191 e. The summed E-state index contributed by atoms with van der Waals surface area (Å²) < 4.78 is 0.682. The molecule has 0 saturated heterocycles. The molecule has 4 nitrogen and oxygen atoms in total. The molecular formula is C14H19ClIN3OS2. The van der Waals surface area contributed by atoms with Crippen molar-refractivity contribution in [3.8, 4) is 0 Å². The van der Waals surface area contributed by atoms with E-state index in [1.54, 1.807) is 17.4 Å². The maximum absolute atomic E-state index is 10.1. The van der Waals surface area contributed by atoms with Gasteiger partial charge in [0.2, 0.25) is 0 Å². The Hall–Kier alpha value is -0.350. The second-order valence-corrected chi connectivity index (χ2v) is 6.89. The summed E-state index contributed by atoms with van der Waals surface area (Å²) in [5.41, 5.74) is 1.18. The van der Waals surface area contributed by atoms with E-state index in [-0.39, 0.29) is 24.0 Å². The van der Waals surface area contributed by atoms with E-state index in [0.29, 0.717) is 23.4 Å². The molecule has 0 aliphatic rings. The number of aliphatic imine (C=N–C) groups is 1. The van der Waals surface area contributed by atoms with Crippen molar-refractivity contribution < 1.29 is 5.11 Å². The summed E-state index contributed by atoms with van der Waals surface area (Å²) in [6.45, 7) is 3.81. The zero-order chi connectivity index (χ0) is 15.1. The van der Waals surface area contributed by atoms with Gasteiger partial charge in [-0.05, 0) is 41.4 Å². The van der Waals surface area contributed by atoms with Crippen LogP contribution in [0, 0.1) is 0 Å². The first-order valence-corrected chi connectivity index (χ1v) is 8.79. The zero-order valence-corrected chi connectivity index (χ0v) is 16.8. The molecule has 0 aliphatic carbocycles. The Morgan fingerprint density at radius 1 is 1.36 bits per heavy atom. The van der Waals surface area contributed by atoms with Gasteiger partial charge >= 0.3 is 0 Å². The van der Waals surface area contributed by atoms with Crippen LogP contribution in [0.5, 0.6) is 0 Å². The molecular weight excluding hydrogens is 453 g/mol. The molecule has 0 amide bonds. The van der Waals surface area contributed by atoms with Gasteiger partial charge in [0.25, 0.3) is 0 Å². The third-order valence-corrected chi connectivity index (χ3v) is 4.79. The lowest BCUT2D eigenvalue weighted by molar-refractivity contribution is 0.184. The number of nitrogens with one attached hydrogen (secondary N) is 2. The Bertz CT molecular complexity index is 574. The maximum atomic E-state index is 10.1. The first kappa shape index (κ1) is 19.7. The molecule has 3 N–H and O–H groups in total. The highest BCUT2D eigenvalue weighted by Crippen LogP contribution is 2.26. The third kappa shape index (κ3) is 6.41. The molecule has 122 valence electrons. The van der Waals surface area contributed by atoms with Gasteiger partial charge in [-0.25, -0.2) is 4.99 Å². The minimum Gasteiger partial charge on any atom is -0.386 e. The van der Waals surface area contributed by atoms with Crippen molar-refractivity contribution in [3.05, 3.63) is 43.7 Å². The van der Waals surface area contributed by atoms with E-state index in [9.17, 15) is 5.11 Å². The van der Waals surface area contributed by atoms with Gasteiger partial charge in [0.05, 0.1) is 10.9 Å². The monoisotopic (exact) mass is 471 g/mol. The van der Waals surface area contributed by atoms with Crippen LogP contribution in [0.4, 0.5) is 0 Å². The lowest BCUT2D eigenvalue weighted by Gasteiger charge is -2.14. The Morgan fingerprint density at radius 2 is 2.18 bits per heavy atom. The molecule has 0 aromatic carbocycles. The van der Waals surface area contributed by atoms with E-state index < -0.39 is 6.10 Å². The van der Waals surface area contributed by atoms with Gasteiger partial charge in [0.15, 0.2) is 5.96 Å². The number of rotatable bonds is 6. The van der Waals surface area contributed by atoms with Crippen molar-refractivity contribution in [3.63, 3.8) is 0 Å². The van der Waals surface area contributed by atoms with Crippen LogP contribution in [0.25, 0.3) is 0 Å². The SMILES string of the molecule is CCNC(=NCc1ccsc1)NCC(O)c1ccc(Cl)s1.I. The van der Waals surface area contributed by atoms with Gasteiger partial charge in [-0.2, -0.15) is 11.3 Å².